The Bertz CT molecular complexity index is 1340. The molecule has 3 aromatic rings. The van der Waals surface area contributed by atoms with E-state index >= 15 is 0 Å². The Morgan fingerprint density at radius 2 is 1.92 bits per heavy atom. The molecular weight excluding hydrogens is 479 g/mol. The predicted octanol–water partition coefficient (Wildman–Crippen LogP) is 4.16. The van der Waals surface area contributed by atoms with Crippen LogP contribution in [-0.2, 0) is 17.9 Å². The number of rotatable bonds is 4. The van der Waals surface area contributed by atoms with Crippen LogP contribution < -0.4 is 4.90 Å². The van der Waals surface area contributed by atoms with E-state index in [0.29, 0.717) is 41.8 Å². The molecule has 1 saturated carbocycles. The Morgan fingerprint density at radius 3 is 2.67 bits per heavy atom. The van der Waals surface area contributed by atoms with Crippen molar-refractivity contribution in [1.29, 1.82) is 0 Å². The van der Waals surface area contributed by atoms with Crippen LogP contribution in [0.25, 0.3) is 5.69 Å². The lowest BCUT2D eigenvalue weighted by molar-refractivity contribution is -0.130. The van der Waals surface area contributed by atoms with E-state index < -0.39 is 0 Å². The second-order valence-corrected chi connectivity index (χ2v) is 11.3. The molecule has 0 radical (unpaired) electrons. The average molecular weight is 509 g/mol. The fourth-order valence-corrected chi connectivity index (χ4v) is 6.23. The molecule has 1 aromatic heterocycles. The molecular formula is C27H30ClFN6O. The summed E-state index contributed by atoms with van der Waals surface area (Å²) in [5.41, 5.74) is 3.70. The summed E-state index contributed by atoms with van der Waals surface area (Å²) < 4.78 is 16.8. The Balaban J connectivity index is 1.23. The number of hydrogen-bond acceptors (Lipinski definition) is 5. The molecule has 1 aliphatic carbocycles. The van der Waals surface area contributed by atoms with Gasteiger partial charge in [-0.2, -0.15) is 0 Å². The fourth-order valence-electron chi connectivity index (χ4n) is 6.04. The zero-order valence-corrected chi connectivity index (χ0v) is 21.6. The van der Waals surface area contributed by atoms with E-state index in [9.17, 15) is 9.18 Å². The van der Waals surface area contributed by atoms with E-state index in [0.717, 1.165) is 48.8 Å². The smallest absolute Gasteiger partial charge is 0.236 e. The van der Waals surface area contributed by atoms with Crippen LogP contribution in [0.4, 0.5) is 10.1 Å². The van der Waals surface area contributed by atoms with Crippen molar-refractivity contribution in [3.8, 4) is 5.69 Å². The molecule has 3 heterocycles. The van der Waals surface area contributed by atoms with Crippen molar-refractivity contribution in [3.05, 3.63) is 70.0 Å². The van der Waals surface area contributed by atoms with Gasteiger partial charge in [-0.3, -0.25) is 14.3 Å². The van der Waals surface area contributed by atoms with Gasteiger partial charge in [0.1, 0.15) is 11.6 Å². The van der Waals surface area contributed by atoms with E-state index in [1.807, 2.05) is 43.3 Å². The second-order valence-electron chi connectivity index (χ2n) is 10.9. The number of amides is 1. The number of likely N-dealkylation sites (N-methyl/N-ethyl adjacent to an activating group) is 1. The molecule has 7 nitrogen and oxygen atoms in total. The first-order valence-electron chi connectivity index (χ1n) is 12.4. The Hall–Kier alpha value is -2.97. The van der Waals surface area contributed by atoms with Gasteiger partial charge in [-0.15, -0.1) is 10.2 Å². The molecule has 6 rings (SSSR count). The number of nitrogens with zero attached hydrogens (tertiary/aromatic N) is 6. The Kier molecular flexibility index (Phi) is 5.57. The lowest BCUT2D eigenvalue weighted by Gasteiger charge is -2.59. The minimum absolute atomic E-state index is 0.0484. The van der Waals surface area contributed by atoms with E-state index in [1.165, 1.54) is 0 Å². The van der Waals surface area contributed by atoms with Crippen LogP contribution in [0.5, 0.6) is 0 Å². The fraction of sp³-hybridized carbons (Fsp3) is 0.444. The molecule has 188 valence electrons. The van der Waals surface area contributed by atoms with Gasteiger partial charge < -0.3 is 9.80 Å². The lowest BCUT2D eigenvalue weighted by Crippen LogP contribution is -2.62. The first kappa shape index (κ1) is 23.4. The van der Waals surface area contributed by atoms with Gasteiger partial charge in [0.2, 0.25) is 5.91 Å². The molecule has 0 atom stereocenters. The molecule has 9 heteroatoms. The number of benzene rings is 2. The topological polar surface area (TPSA) is 57.5 Å². The van der Waals surface area contributed by atoms with Crippen LogP contribution in [0, 0.1) is 18.2 Å². The Labute approximate surface area is 215 Å². The van der Waals surface area contributed by atoms with Crippen molar-refractivity contribution < 1.29 is 9.18 Å². The highest BCUT2D eigenvalue weighted by Gasteiger charge is 2.54. The molecule has 2 aliphatic heterocycles. The number of halogens is 2. The van der Waals surface area contributed by atoms with Gasteiger partial charge >= 0.3 is 0 Å². The van der Waals surface area contributed by atoms with Crippen molar-refractivity contribution in [2.24, 2.45) is 5.41 Å². The van der Waals surface area contributed by atoms with E-state index in [4.69, 9.17) is 11.6 Å². The quantitative estimate of drug-likeness (QED) is 0.530. The summed E-state index contributed by atoms with van der Waals surface area (Å²) in [5, 5.41) is 9.89. The van der Waals surface area contributed by atoms with E-state index in [-0.39, 0.29) is 17.1 Å². The van der Waals surface area contributed by atoms with Gasteiger partial charge in [0, 0.05) is 50.1 Å². The molecule has 0 unspecified atom stereocenters. The van der Waals surface area contributed by atoms with Gasteiger partial charge in [0.15, 0.2) is 5.82 Å². The SMILES string of the molecule is Cc1cccc(N2CC3(CC(c4nnc5n4-c4ccc(Cl)cc4CN(CC(=O)N(C)C)C5)C3)C2)c1F. The van der Waals surface area contributed by atoms with Crippen molar-refractivity contribution in [2.75, 3.05) is 38.6 Å². The summed E-state index contributed by atoms with van der Waals surface area (Å²) in [7, 11) is 3.54. The van der Waals surface area contributed by atoms with Gasteiger partial charge in [-0.25, -0.2) is 4.39 Å². The number of anilines is 1. The standard InChI is InChI=1S/C27H30ClFN6O/c1-17-5-4-6-22(25(17)29)34-15-27(16-34)10-19(11-27)26-31-30-23-13-33(14-24(36)32(2)3)12-18-9-20(28)7-8-21(18)35(23)26/h4-9,19H,10-16H2,1-3H3. The third-order valence-electron chi connectivity index (χ3n) is 7.94. The largest absolute Gasteiger partial charge is 0.368 e. The van der Waals surface area contributed by atoms with Gasteiger partial charge in [-0.1, -0.05) is 23.7 Å². The number of carbonyl (C=O) groups excluding carboxylic acids is 1. The monoisotopic (exact) mass is 508 g/mol. The van der Waals surface area contributed by atoms with Crippen LogP contribution in [0.15, 0.2) is 36.4 Å². The van der Waals surface area contributed by atoms with Gasteiger partial charge in [0.05, 0.1) is 24.5 Å². The molecule has 1 amide bonds. The summed E-state index contributed by atoms with van der Waals surface area (Å²) in [4.78, 5) is 18.3. The zero-order chi connectivity index (χ0) is 25.2. The number of aromatic nitrogens is 3. The first-order chi connectivity index (χ1) is 17.2. The number of fused-ring (bicyclic) bond motifs is 3. The van der Waals surface area contributed by atoms with Crippen LogP contribution in [0.1, 0.15) is 41.5 Å². The zero-order valence-electron chi connectivity index (χ0n) is 20.8. The molecule has 36 heavy (non-hydrogen) atoms. The maximum absolute atomic E-state index is 14.6. The minimum atomic E-state index is -0.112. The highest BCUT2D eigenvalue weighted by atomic mass is 35.5. The molecule has 1 spiro atoms. The summed E-state index contributed by atoms with van der Waals surface area (Å²) in [6.45, 7) is 5.02. The number of carbonyl (C=O) groups is 1. The number of aryl methyl sites for hydroxylation is 1. The minimum Gasteiger partial charge on any atom is -0.368 e. The maximum atomic E-state index is 14.6. The normalized spacial score (nSPS) is 18.8. The first-order valence-corrected chi connectivity index (χ1v) is 12.8. The van der Waals surface area contributed by atoms with E-state index in [1.54, 1.807) is 19.0 Å². The maximum Gasteiger partial charge on any atom is 0.236 e. The van der Waals surface area contributed by atoms with Crippen LogP contribution in [0.3, 0.4) is 0 Å². The van der Waals surface area contributed by atoms with Gasteiger partial charge in [-0.05, 0) is 55.2 Å². The third kappa shape index (κ3) is 3.87. The van der Waals surface area contributed by atoms with Crippen LogP contribution >= 0.6 is 11.6 Å². The van der Waals surface area contributed by atoms with Gasteiger partial charge in [0.25, 0.3) is 0 Å². The molecule has 1 saturated heterocycles. The highest BCUT2D eigenvalue weighted by Crippen LogP contribution is 2.57. The highest BCUT2D eigenvalue weighted by molar-refractivity contribution is 6.30. The molecule has 2 aromatic carbocycles. The summed E-state index contributed by atoms with van der Waals surface area (Å²) in [5.74, 6) is 2.05. The van der Waals surface area contributed by atoms with E-state index in [2.05, 4.69) is 24.6 Å². The van der Waals surface area contributed by atoms with Crippen molar-refractivity contribution in [1.82, 2.24) is 24.6 Å². The number of hydrogen-bond donors (Lipinski definition) is 0. The Morgan fingerprint density at radius 1 is 1.14 bits per heavy atom. The van der Waals surface area contributed by atoms with Crippen LogP contribution in [0.2, 0.25) is 5.02 Å². The molecule has 0 bridgehead atoms. The average Bonchev–Trinajstić information content (AvgIpc) is 3.10. The second kappa shape index (κ2) is 8.56. The van der Waals surface area contributed by atoms with Crippen LogP contribution in [-0.4, -0.2) is 64.2 Å². The van der Waals surface area contributed by atoms with Crippen molar-refractivity contribution in [3.63, 3.8) is 0 Å². The third-order valence-corrected chi connectivity index (χ3v) is 8.18. The van der Waals surface area contributed by atoms with Crippen molar-refractivity contribution >= 4 is 23.2 Å². The molecule has 3 aliphatic rings. The lowest BCUT2D eigenvalue weighted by atomic mass is 9.57. The van der Waals surface area contributed by atoms with Crippen molar-refractivity contribution in [2.45, 2.75) is 38.8 Å². The summed E-state index contributed by atoms with van der Waals surface area (Å²) in [6, 6.07) is 11.5. The molecule has 2 fully saturated rings. The summed E-state index contributed by atoms with van der Waals surface area (Å²) in [6.07, 6.45) is 2.03. The molecule has 0 N–H and O–H groups in total. The summed E-state index contributed by atoms with van der Waals surface area (Å²) >= 11 is 6.36. The predicted molar refractivity (Wildman–Crippen MR) is 137 cm³/mol.